The van der Waals surface area contributed by atoms with Crippen molar-refractivity contribution in [2.45, 2.75) is 130 Å². The molecule has 4 aliphatic heterocycles. The van der Waals surface area contributed by atoms with E-state index < -0.39 is 179 Å². The third-order valence-electron chi connectivity index (χ3n) is 13.4. The minimum atomic E-state index is -2.93. The minimum Gasteiger partial charge on any atom is -0.508 e. The van der Waals surface area contributed by atoms with Gasteiger partial charge in [0.25, 0.3) is 0 Å². The summed E-state index contributed by atoms with van der Waals surface area (Å²) in [6.07, 6.45) is -33.7. The normalized spacial score (nSPS) is 33.5. The molecule has 0 bridgehead atoms. The Kier molecular flexibility index (Phi) is 22.1. The van der Waals surface area contributed by atoms with Crippen LogP contribution >= 0.6 is 0 Å². The van der Waals surface area contributed by atoms with Crippen molar-refractivity contribution in [3.05, 3.63) is 102 Å². The molecule has 7 rings (SSSR count). The Morgan fingerprint density at radius 2 is 1.12 bits per heavy atom. The highest BCUT2D eigenvalue weighted by Crippen LogP contribution is 2.42. The molecule has 4 heterocycles. The molecule has 29 heteroatoms. The van der Waals surface area contributed by atoms with Crippen molar-refractivity contribution in [1.29, 1.82) is 0 Å². The number of aliphatic hydroxyl groups is 9. The molecule has 0 saturated carbocycles. The molecular weight excluding hydrogens is 1110 g/mol. The van der Waals surface area contributed by atoms with Crippen LogP contribution in [-0.4, -0.2) is 242 Å². The third kappa shape index (κ3) is 15.7. The van der Waals surface area contributed by atoms with Gasteiger partial charge in [0.15, 0.2) is 42.6 Å². The number of benzene rings is 3. The lowest BCUT2D eigenvalue weighted by atomic mass is 9.95. The van der Waals surface area contributed by atoms with E-state index in [1.165, 1.54) is 86.0 Å². The molecular formula is C54H64O29. The zero-order valence-electron chi connectivity index (χ0n) is 44.4. The van der Waals surface area contributed by atoms with Gasteiger partial charge in [-0.3, -0.25) is 9.59 Å². The molecule has 0 aromatic heterocycles. The minimum absolute atomic E-state index is 0.0000825. The van der Waals surface area contributed by atoms with Crippen molar-refractivity contribution >= 4 is 42.0 Å². The van der Waals surface area contributed by atoms with Crippen molar-refractivity contribution < 1.29 is 142 Å². The van der Waals surface area contributed by atoms with Crippen molar-refractivity contribution in [3.8, 4) is 17.2 Å². The largest absolute Gasteiger partial charge is 0.508 e. The van der Waals surface area contributed by atoms with E-state index in [-0.39, 0.29) is 28.4 Å². The van der Waals surface area contributed by atoms with Gasteiger partial charge in [-0.2, -0.15) is 0 Å². The van der Waals surface area contributed by atoms with E-state index in [4.69, 9.17) is 61.6 Å². The van der Waals surface area contributed by atoms with E-state index in [9.17, 15) is 80.1 Å². The predicted molar refractivity (Wildman–Crippen MR) is 271 cm³/mol. The monoisotopic (exact) mass is 1180 g/mol. The molecule has 83 heavy (non-hydrogen) atoms. The fourth-order valence-electron chi connectivity index (χ4n) is 9.06. The van der Waals surface area contributed by atoms with Crippen LogP contribution in [0, 0.1) is 0 Å². The molecule has 0 amide bonds. The van der Waals surface area contributed by atoms with E-state index in [1.54, 1.807) is 6.07 Å². The van der Waals surface area contributed by atoms with Crippen LogP contribution in [0.5, 0.6) is 17.2 Å². The van der Waals surface area contributed by atoms with E-state index in [1.807, 2.05) is 0 Å². The number of aliphatic hydroxyl groups excluding tert-OH is 9. The fourth-order valence-corrected chi connectivity index (χ4v) is 9.06. The smallest absolute Gasteiger partial charge is 0.338 e. The summed E-state index contributed by atoms with van der Waals surface area (Å²) < 4.78 is 76.5. The van der Waals surface area contributed by atoms with Gasteiger partial charge < -0.3 is 118 Å². The van der Waals surface area contributed by atoms with Crippen LogP contribution in [0.4, 0.5) is 0 Å². The van der Waals surface area contributed by atoms with Crippen molar-refractivity contribution in [3.63, 3.8) is 0 Å². The first-order valence-electron chi connectivity index (χ1n) is 25.6. The average Bonchev–Trinajstić information content (AvgIpc) is 3.52. The number of hydrogen-bond donors (Lipinski definition) is 11. The highest BCUT2D eigenvalue weighted by molar-refractivity contribution is 5.90. The molecule has 4 saturated heterocycles. The molecule has 0 unspecified atom stereocenters. The topological polar surface area (TPSA) is 428 Å². The van der Waals surface area contributed by atoms with Gasteiger partial charge in [0, 0.05) is 26.0 Å². The molecule has 454 valence electrons. The van der Waals surface area contributed by atoms with Gasteiger partial charge in [-0.15, -0.1) is 0 Å². The van der Waals surface area contributed by atoms with Crippen LogP contribution in [0.3, 0.4) is 0 Å². The maximum Gasteiger partial charge on any atom is 0.338 e. The van der Waals surface area contributed by atoms with Crippen LogP contribution in [0.25, 0.3) is 12.2 Å². The van der Waals surface area contributed by atoms with Gasteiger partial charge in [0.2, 0.25) is 5.79 Å². The number of carbonyl (C=O) groups is 5. The number of rotatable bonds is 22. The lowest BCUT2D eigenvalue weighted by Gasteiger charge is -2.50. The summed E-state index contributed by atoms with van der Waals surface area (Å²) in [5, 5.41) is 120. The second kappa shape index (κ2) is 28.7. The Morgan fingerprint density at radius 1 is 0.566 bits per heavy atom. The van der Waals surface area contributed by atoms with Gasteiger partial charge in [-0.1, -0.05) is 36.4 Å². The summed E-state index contributed by atoms with van der Waals surface area (Å²) in [7, 11) is 1.27. The Balaban J connectivity index is 1.40. The fraction of sp³-hybridized carbons (Fsp3) is 0.500. The lowest BCUT2D eigenvalue weighted by molar-refractivity contribution is -0.421. The Bertz CT molecular complexity index is 2720. The molecule has 19 atom stereocenters. The molecule has 29 nitrogen and oxygen atoms in total. The summed E-state index contributed by atoms with van der Waals surface area (Å²) >= 11 is 0. The van der Waals surface area contributed by atoms with E-state index in [2.05, 4.69) is 0 Å². The standard InChI is InChI=1S/C54H64O29/c1-25(57)72-22-35-40(64)43(67)45(69)52(76-35)79-47-46(78-38(62)18-13-28-11-16-31(60)32(19-28)71-3)36(23-73-26(2)58)77-53(48(47)80-51-44(68)42(66)39(63)33(20-55)75-51)83-54(24-74-37(61)17-12-27-9-14-30(59)15-10-27)49(41(65)34(21-56)82-54)81-50(70)29-7-5-4-6-8-29/h4-19,33-36,39-49,51-53,55-56,59-60,63-69H,20-24H2,1-3H3/b17-12+,18-13+/t33-,34-,35-,36-,39-,40-,41-,42+,43+,44-,45-,46-,47-,48-,49-,51+,52+,53-,54+/m1/s1. The second-order valence-electron chi connectivity index (χ2n) is 19.2. The maximum absolute atomic E-state index is 14.2. The zero-order valence-corrected chi connectivity index (χ0v) is 44.4. The summed E-state index contributed by atoms with van der Waals surface area (Å²) in [5.74, 6) is -8.71. The van der Waals surface area contributed by atoms with Gasteiger partial charge in [-0.05, 0) is 59.7 Å². The van der Waals surface area contributed by atoms with E-state index in [0.29, 0.717) is 5.56 Å². The number of phenolic OH excluding ortho intramolecular Hbond substituents is 2. The number of hydrogen-bond acceptors (Lipinski definition) is 29. The third-order valence-corrected chi connectivity index (χ3v) is 13.4. The number of aromatic hydroxyl groups is 2. The van der Waals surface area contributed by atoms with E-state index in [0.717, 1.165) is 26.0 Å². The molecule has 3 aromatic carbocycles. The highest BCUT2D eigenvalue weighted by Gasteiger charge is 2.64. The molecule has 4 aliphatic rings. The maximum atomic E-state index is 14.2. The van der Waals surface area contributed by atoms with Crippen LogP contribution in [0.2, 0.25) is 0 Å². The van der Waals surface area contributed by atoms with Crippen molar-refractivity contribution in [2.75, 3.05) is 40.1 Å². The molecule has 4 fully saturated rings. The van der Waals surface area contributed by atoms with Crippen molar-refractivity contribution in [2.24, 2.45) is 0 Å². The van der Waals surface area contributed by atoms with Crippen LogP contribution in [0.1, 0.15) is 35.3 Å². The zero-order chi connectivity index (χ0) is 60.3. The quantitative estimate of drug-likeness (QED) is 0.0275. The summed E-state index contributed by atoms with van der Waals surface area (Å²) in [5.41, 5.74) is 0.531. The number of methoxy groups -OCH3 is 1. The number of phenols is 2. The summed E-state index contributed by atoms with van der Waals surface area (Å²) in [4.78, 5) is 66.3. The molecule has 0 spiro atoms. The number of esters is 5. The highest BCUT2D eigenvalue weighted by atomic mass is 16.8. The van der Waals surface area contributed by atoms with Gasteiger partial charge in [-0.25, -0.2) is 14.4 Å². The SMILES string of the molecule is COc1cc(/C=C/C(=O)O[C@H]2[C@@H](O[C@@H]3O[C@H](COC(C)=O)[C@@H](O)[C@H](O)[C@H]3O)[C@@H](O[C@@H]3O[C@H](CO)[C@@H](O)[C@H](O)[C@H]3O)[C@@H](O[C@]3(COC(=O)/C=C/c4ccc(O)cc4)O[C@H](CO)[C@@H](O)[C@H]3OC(=O)c3ccccc3)O[C@@H]2COC(C)=O)ccc1O. The first kappa shape index (κ1) is 63.8. The summed E-state index contributed by atoms with van der Waals surface area (Å²) in [6, 6.07) is 16.7. The molecule has 0 radical (unpaired) electrons. The predicted octanol–water partition coefficient (Wildman–Crippen LogP) is -2.79. The van der Waals surface area contributed by atoms with Gasteiger partial charge >= 0.3 is 29.8 Å². The Hall–Kier alpha value is -6.75. The average molecular weight is 1180 g/mol. The Labute approximate surface area is 471 Å². The first-order valence-corrected chi connectivity index (χ1v) is 25.6. The number of ether oxygens (including phenoxy) is 13. The molecule has 11 N–H and O–H groups in total. The van der Waals surface area contributed by atoms with Gasteiger partial charge in [0.1, 0.15) is 105 Å². The Morgan fingerprint density at radius 3 is 1.73 bits per heavy atom. The van der Waals surface area contributed by atoms with Crippen LogP contribution in [0.15, 0.2) is 84.9 Å². The lowest BCUT2D eigenvalue weighted by Crippen LogP contribution is -2.69. The van der Waals surface area contributed by atoms with Crippen LogP contribution < -0.4 is 4.74 Å². The van der Waals surface area contributed by atoms with E-state index >= 15 is 0 Å². The molecule has 0 aliphatic carbocycles. The first-order chi connectivity index (χ1) is 39.6. The number of carbonyl (C=O) groups excluding carboxylic acids is 5. The summed E-state index contributed by atoms with van der Waals surface area (Å²) in [6.45, 7) is -3.04. The van der Waals surface area contributed by atoms with Gasteiger partial charge in [0.05, 0.1) is 25.9 Å². The second-order valence-corrected chi connectivity index (χ2v) is 19.2. The van der Waals surface area contributed by atoms with Crippen LogP contribution in [-0.2, 0) is 76.0 Å². The van der Waals surface area contributed by atoms with Crippen molar-refractivity contribution in [1.82, 2.24) is 0 Å². The molecule has 3 aromatic rings.